The van der Waals surface area contributed by atoms with E-state index in [0.29, 0.717) is 11.4 Å². The van der Waals surface area contributed by atoms with Crippen LogP contribution >= 0.6 is 0 Å². The third-order valence-corrected chi connectivity index (χ3v) is 6.73. The van der Waals surface area contributed by atoms with Gasteiger partial charge in [0.2, 0.25) is 5.91 Å². The third kappa shape index (κ3) is 3.79. The first-order valence-corrected chi connectivity index (χ1v) is 11.3. The van der Waals surface area contributed by atoms with E-state index < -0.39 is 0 Å². The number of carbonyl (C=O) groups excluding carboxylic acids is 1. The van der Waals surface area contributed by atoms with Gasteiger partial charge in [-0.2, -0.15) is 0 Å². The van der Waals surface area contributed by atoms with E-state index in [1.807, 2.05) is 11.8 Å². The van der Waals surface area contributed by atoms with Gasteiger partial charge >= 0.3 is 0 Å². The van der Waals surface area contributed by atoms with E-state index in [0.717, 1.165) is 68.6 Å². The number of rotatable bonds is 5. The summed E-state index contributed by atoms with van der Waals surface area (Å²) in [5.41, 5.74) is 3.66. The van der Waals surface area contributed by atoms with Crippen LogP contribution < -0.4 is 4.90 Å². The van der Waals surface area contributed by atoms with E-state index >= 15 is 0 Å². The first-order valence-electron chi connectivity index (χ1n) is 11.3. The second-order valence-electron chi connectivity index (χ2n) is 9.03. The number of piperidine rings is 1. The molecular weight excluding hydrogens is 380 g/mol. The first kappa shape index (κ1) is 19.5. The van der Waals surface area contributed by atoms with Crippen molar-refractivity contribution in [2.24, 2.45) is 5.92 Å². The maximum Gasteiger partial charge on any atom is 0.229 e. The molecule has 1 saturated carbocycles. The fraction of sp³-hybridized carbons (Fsp3) is 0.682. The number of likely N-dealkylation sites (tertiary alicyclic amines) is 1. The summed E-state index contributed by atoms with van der Waals surface area (Å²) >= 11 is 0. The lowest BCUT2D eigenvalue weighted by Crippen LogP contribution is -2.41. The molecule has 2 fully saturated rings. The normalized spacial score (nSPS) is 21.6. The van der Waals surface area contributed by atoms with Gasteiger partial charge in [-0.25, -0.2) is 14.6 Å². The van der Waals surface area contributed by atoms with Gasteiger partial charge < -0.3 is 9.80 Å². The van der Waals surface area contributed by atoms with Crippen LogP contribution in [0, 0.1) is 19.8 Å². The van der Waals surface area contributed by atoms with Crippen molar-refractivity contribution in [3.05, 3.63) is 28.5 Å². The van der Waals surface area contributed by atoms with Gasteiger partial charge in [-0.1, -0.05) is 10.3 Å². The van der Waals surface area contributed by atoms with Crippen molar-refractivity contribution in [1.29, 1.82) is 0 Å². The largest absolute Gasteiger partial charge is 0.356 e. The summed E-state index contributed by atoms with van der Waals surface area (Å²) in [5, 5.41) is 7.69. The summed E-state index contributed by atoms with van der Waals surface area (Å²) in [6.45, 7) is 6.83. The number of fused-ring (bicyclic) bond motifs is 1. The minimum Gasteiger partial charge on any atom is -0.356 e. The number of carbonyl (C=O) groups is 1. The molecule has 8 nitrogen and oxygen atoms in total. The average molecular weight is 411 g/mol. The number of aromatic nitrogens is 4. The molecule has 160 valence electrons. The monoisotopic (exact) mass is 410 g/mol. The second-order valence-corrected chi connectivity index (χ2v) is 9.03. The van der Waals surface area contributed by atoms with E-state index in [-0.39, 0.29) is 18.4 Å². The Morgan fingerprint density at radius 3 is 2.67 bits per heavy atom. The van der Waals surface area contributed by atoms with E-state index in [1.165, 1.54) is 24.8 Å². The molecular formula is C22H30N6O2. The smallest absolute Gasteiger partial charge is 0.229 e. The van der Waals surface area contributed by atoms with Crippen LogP contribution in [0.5, 0.6) is 0 Å². The van der Waals surface area contributed by atoms with Crippen LogP contribution in [-0.2, 0) is 17.6 Å². The van der Waals surface area contributed by atoms with Gasteiger partial charge in [0, 0.05) is 30.9 Å². The Balaban J connectivity index is 1.43. The number of anilines is 1. The van der Waals surface area contributed by atoms with Crippen molar-refractivity contribution in [3.63, 3.8) is 0 Å². The van der Waals surface area contributed by atoms with Crippen molar-refractivity contribution >= 4 is 11.7 Å². The van der Waals surface area contributed by atoms with Crippen molar-refractivity contribution in [1.82, 2.24) is 25.2 Å². The van der Waals surface area contributed by atoms with Crippen molar-refractivity contribution in [3.8, 4) is 0 Å². The predicted octanol–water partition coefficient (Wildman–Crippen LogP) is 2.94. The molecule has 2 aromatic heterocycles. The Labute approximate surface area is 177 Å². The molecule has 1 aliphatic carbocycles. The topological polar surface area (TPSA) is 88.2 Å². The molecule has 0 N–H and O–H groups in total. The lowest BCUT2D eigenvalue weighted by Gasteiger charge is -2.36. The Morgan fingerprint density at radius 2 is 1.90 bits per heavy atom. The fourth-order valence-corrected chi connectivity index (χ4v) is 4.80. The summed E-state index contributed by atoms with van der Waals surface area (Å²) in [7, 11) is 0. The maximum atomic E-state index is 13.1. The first-order chi connectivity index (χ1) is 14.6. The molecule has 5 rings (SSSR count). The zero-order valence-electron chi connectivity index (χ0n) is 17.9. The van der Waals surface area contributed by atoms with Gasteiger partial charge in [0.25, 0.3) is 0 Å². The lowest BCUT2D eigenvalue weighted by atomic mass is 9.99. The summed E-state index contributed by atoms with van der Waals surface area (Å²) in [4.78, 5) is 27.6. The van der Waals surface area contributed by atoms with Gasteiger partial charge in [0.15, 0.2) is 5.82 Å². The van der Waals surface area contributed by atoms with Crippen LogP contribution in [0.4, 0.5) is 5.82 Å². The Bertz CT molecular complexity index is 938. The van der Waals surface area contributed by atoms with E-state index in [4.69, 9.17) is 14.6 Å². The molecule has 1 unspecified atom stereocenters. The van der Waals surface area contributed by atoms with Crippen LogP contribution in [0.3, 0.4) is 0 Å². The summed E-state index contributed by atoms with van der Waals surface area (Å²) in [5.74, 6) is 2.79. The fourth-order valence-electron chi connectivity index (χ4n) is 4.80. The van der Waals surface area contributed by atoms with E-state index in [1.54, 1.807) is 0 Å². The van der Waals surface area contributed by atoms with E-state index in [9.17, 15) is 4.79 Å². The molecule has 2 aromatic rings. The van der Waals surface area contributed by atoms with Crippen LogP contribution in [-0.4, -0.2) is 50.7 Å². The van der Waals surface area contributed by atoms with Crippen molar-refractivity contribution in [2.75, 3.05) is 24.5 Å². The molecule has 1 atom stereocenters. The number of hydrogen-bond donors (Lipinski definition) is 0. The molecule has 30 heavy (non-hydrogen) atoms. The van der Waals surface area contributed by atoms with Crippen LogP contribution in [0.15, 0.2) is 4.63 Å². The molecule has 0 radical (unpaired) electrons. The number of nitrogens with zero attached hydrogens (tertiary/aromatic N) is 6. The second kappa shape index (κ2) is 7.96. The summed E-state index contributed by atoms with van der Waals surface area (Å²) in [6.07, 6.45) is 8.11. The van der Waals surface area contributed by atoms with Crippen molar-refractivity contribution < 1.29 is 9.42 Å². The maximum absolute atomic E-state index is 13.1. The zero-order valence-corrected chi connectivity index (χ0v) is 17.9. The standard InChI is InChI=1S/C22H30N6O2/c1-14-17-6-5-10-27(13-16-8-9-16)22(17)24-21(23-14)19-7-3-4-11-28(19)20(29)12-18-15(2)25-30-26-18/h16,19H,3-13H2,1-2H3. The van der Waals surface area contributed by atoms with E-state index in [2.05, 4.69) is 22.1 Å². The number of amides is 1. The van der Waals surface area contributed by atoms with Gasteiger partial charge in [0.1, 0.15) is 17.2 Å². The minimum atomic E-state index is -0.0693. The highest BCUT2D eigenvalue weighted by atomic mass is 16.6. The third-order valence-electron chi connectivity index (χ3n) is 6.73. The van der Waals surface area contributed by atoms with Gasteiger partial charge in [-0.05, 0) is 64.7 Å². The summed E-state index contributed by atoms with van der Waals surface area (Å²) < 4.78 is 4.77. The Kier molecular flexibility index (Phi) is 5.16. The molecule has 0 bridgehead atoms. The minimum absolute atomic E-state index is 0.0484. The molecule has 2 aliphatic heterocycles. The SMILES string of the molecule is Cc1nonc1CC(=O)N1CCCCC1c1nc(C)c2c(n1)N(CC1CC1)CCC2. The summed E-state index contributed by atoms with van der Waals surface area (Å²) in [6, 6.07) is -0.0693. The van der Waals surface area contributed by atoms with Crippen LogP contribution in [0.2, 0.25) is 0 Å². The molecule has 8 heteroatoms. The molecule has 1 amide bonds. The Hall–Kier alpha value is -2.51. The van der Waals surface area contributed by atoms with Crippen molar-refractivity contribution in [2.45, 2.75) is 71.3 Å². The van der Waals surface area contributed by atoms with Gasteiger partial charge in [-0.3, -0.25) is 4.79 Å². The zero-order chi connectivity index (χ0) is 20.7. The predicted molar refractivity (Wildman–Crippen MR) is 111 cm³/mol. The number of aryl methyl sites for hydroxylation is 2. The average Bonchev–Trinajstić information content (AvgIpc) is 3.49. The lowest BCUT2D eigenvalue weighted by molar-refractivity contribution is -0.134. The molecule has 0 spiro atoms. The molecule has 4 heterocycles. The highest BCUT2D eigenvalue weighted by molar-refractivity contribution is 5.79. The van der Waals surface area contributed by atoms with Crippen LogP contribution in [0.25, 0.3) is 0 Å². The number of hydrogen-bond acceptors (Lipinski definition) is 7. The Morgan fingerprint density at radius 1 is 1.03 bits per heavy atom. The van der Waals surface area contributed by atoms with Gasteiger partial charge in [0.05, 0.1) is 12.5 Å². The molecule has 3 aliphatic rings. The molecule has 1 saturated heterocycles. The highest BCUT2D eigenvalue weighted by Crippen LogP contribution is 2.36. The van der Waals surface area contributed by atoms with Gasteiger partial charge in [-0.15, -0.1) is 0 Å². The molecule has 0 aromatic carbocycles. The van der Waals surface area contributed by atoms with Crippen LogP contribution in [0.1, 0.15) is 73.0 Å². The quantitative estimate of drug-likeness (QED) is 0.749. The highest BCUT2D eigenvalue weighted by Gasteiger charge is 2.34.